The number of rotatable bonds is 8. The van der Waals surface area contributed by atoms with Gasteiger partial charge in [-0.05, 0) is 42.5 Å². The van der Waals surface area contributed by atoms with Crippen molar-refractivity contribution in [2.75, 3.05) is 31.0 Å². The molecule has 0 unspecified atom stereocenters. The van der Waals surface area contributed by atoms with Crippen LogP contribution in [0.25, 0.3) is 0 Å². The molecule has 2 amide bonds. The molecule has 30 heavy (non-hydrogen) atoms. The third kappa shape index (κ3) is 5.68. The van der Waals surface area contributed by atoms with E-state index in [1.165, 1.54) is 0 Å². The van der Waals surface area contributed by atoms with Gasteiger partial charge in [-0.1, -0.05) is 46.3 Å². The average Bonchev–Trinajstić information content (AvgIpc) is 2.76. The molecule has 0 saturated heterocycles. The van der Waals surface area contributed by atoms with E-state index < -0.39 is 0 Å². The lowest BCUT2D eigenvalue weighted by Crippen LogP contribution is -2.19. The largest absolute Gasteiger partial charge is 0.490 e. The maximum Gasteiger partial charge on any atom is 0.259 e. The van der Waals surface area contributed by atoms with Crippen molar-refractivity contribution < 1.29 is 19.1 Å². The molecule has 0 heterocycles. The summed E-state index contributed by atoms with van der Waals surface area (Å²) in [5.74, 6) is -0.273. The molecule has 7 heteroatoms. The summed E-state index contributed by atoms with van der Waals surface area (Å²) < 4.78 is 11.4. The third-order valence-electron chi connectivity index (χ3n) is 4.18. The number of methoxy groups -OCH3 is 1. The van der Waals surface area contributed by atoms with Crippen LogP contribution in [0.15, 0.2) is 77.3 Å². The van der Waals surface area contributed by atoms with Crippen LogP contribution >= 0.6 is 15.9 Å². The Hall–Kier alpha value is -3.16. The lowest BCUT2D eigenvalue weighted by Gasteiger charge is -2.14. The fourth-order valence-corrected chi connectivity index (χ4v) is 3.10. The Kier molecular flexibility index (Phi) is 7.59. The highest BCUT2D eigenvalue weighted by Crippen LogP contribution is 2.25. The Morgan fingerprint density at radius 2 is 1.53 bits per heavy atom. The second-order valence-electron chi connectivity index (χ2n) is 6.30. The maximum absolute atomic E-state index is 13.0. The Morgan fingerprint density at radius 1 is 0.833 bits per heavy atom. The molecule has 6 nitrogen and oxygen atoms in total. The van der Waals surface area contributed by atoms with Crippen molar-refractivity contribution in [3.63, 3.8) is 0 Å². The zero-order chi connectivity index (χ0) is 21.3. The SMILES string of the molecule is COCCOc1ccc(Br)cc1C(=O)Nc1ccccc1C(=O)Nc1ccccc1. The van der Waals surface area contributed by atoms with E-state index in [1.54, 1.807) is 61.7 Å². The van der Waals surface area contributed by atoms with Gasteiger partial charge in [0.05, 0.1) is 23.4 Å². The minimum absolute atomic E-state index is 0.314. The van der Waals surface area contributed by atoms with Crippen LogP contribution in [0.3, 0.4) is 0 Å². The zero-order valence-corrected chi connectivity index (χ0v) is 17.9. The summed E-state index contributed by atoms with van der Waals surface area (Å²) in [7, 11) is 1.58. The molecule has 0 saturated carbocycles. The number of carbonyl (C=O) groups is 2. The van der Waals surface area contributed by atoms with Crippen molar-refractivity contribution in [2.45, 2.75) is 0 Å². The Bertz CT molecular complexity index is 1020. The maximum atomic E-state index is 13.0. The molecular weight excluding hydrogens is 448 g/mol. The second-order valence-corrected chi connectivity index (χ2v) is 7.22. The molecule has 0 spiro atoms. The normalized spacial score (nSPS) is 10.3. The quantitative estimate of drug-likeness (QED) is 0.457. The van der Waals surface area contributed by atoms with Gasteiger partial charge in [0.15, 0.2) is 0 Å². The molecule has 0 atom stereocenters. The first kappa shape index (κ1) is 21.5. The molecule has 0 bridgehead atoms. The van der Waals surface area contributed by atoms with E-state index in [9.17, 15) is 9.59 Å². The second kappa shape index (κ2) is 10.6. The van der Waals surface area contributed by atoms with Gasteiger partial charge in [0.25, 0.3) is 11.8 Å². The molecule has 3 aromatic rings. The number of para-hydroxylation sites is 2. The monoisotopic (exact) mass is 468 g/mol. The Labute approximate surface area is 183 Å². The highest BCUT2D eigenvalue weighted by molar-refractivity contribution is 9.10. The van der Waals surface area contributed by atoms with Crippen LogP contribution in [0.4, 0.5) is 11.4 Å². The summed E-state index contributed by atoms with van der Waals surface area (Å²) in [6, 6.07) is 21.1. The van der Waals surface area contributed by atoms with Gasteiger partial charge in [-0.3, -0.25) is 9.59 Å². The first-order chi connectivity index (χ1) is 14.6. The van der Waals surface area contributed by atoms with E-state index in [2.05, 4.69) is 26.6 Å². The van der Waals surface area contributed by atoms with Crippen LogP contribution in [0.5, 0.6) is 5.75 Å². The van der Waals surface area contributed by atoms with Crippen molar-refractivity contribution in [3.05, 3.63) is 88.4 Å². The molecule has 0 aromatic heterocycles. The fraction of sp³-hybridized carbons (Fsp3) is 0.130. The third-order valence-corrected chi connectivity index (χ3v) is 4.68. The predicted molar refractivity (Wildman–Crippen MR) is 120 cm³/mol. The molecule has 2 N–H and O–H groups in total. The number of hydrogen-bond acceptors (Lipinski definition) is 4. The molecule has 0 aliphatic carbocycles. The van der Waals surface area contributed by atoms with Crippen molar-refractivity contribution in [1.29, 1.82) is 0 Å². The molecular formula is C23H21BrN2O4. The van der Waals surface area contributed by atoms with Gasteiger partial charge in [0, 0.05) is 17.3 Å². The van der Waals surface area contributed by atoms with Crippen LogP contribution in [0.1, 0.15) is 20.7 Å². The van der Waals surface area contributed by atoms with E-state index in [0.29, 0.717) is 41.5 Å². The first-order valence-electron chi connectivity index (χ1n) is 9.26. The van der Waals surface area contributed by atoms with Gasteiger partial charge in [-0.25, -0.2) is 0 Å². The number of hydrogen-bond donors (Lipinski definition) is 2. The number of halogens is 1. The molecule has 3 aromatic carbocycles. The number of ether oxygens (including phenoxy) is 2. The number of carbonyl (C=O) groups excluding carboxylic acids is 2. The summed E-state index contributed by atoms with van der Waals surface area (Å²) in [6.45, 7) is 0.716. The molecule has 0 aliphatic heterocycles. The highest BCUT2D eigenvalue weighted by Gasteiger charge is 2.17. The smallest absolute Gasteiger partial charge is 0.259 e. The number of amides is 2. The minimum Gasteiger partial charge on any atom is -0.490 e. The summed E-state index contributed by atoms with van der Waals surface area (Å²) in [5.41, 5.74) is 1.77. The van der Waals surface area contributed by atoms with E-state index in [4.69, 9.17) is 9.47 Å². The van der Waals surface area contributed by atoms with Gasteiger partial charge in [0.2, 0.25) is 0 Å². The standard InChI is InChI=1S/C23H21BrN2O4/c1-29-13-14-30-21-12-11-16(24)15-19(21)23(28)26-20-10-6-5-9-18(20)22(27)25-17-7-3-2-4-8-17/h2-12,15H,13-14H2,1H3,(H,25,27)(H,26,28). The molecule has 154 valence electrons. The topological polar surface area (TPSA) is 76.7 Å². The first-order valence-corrected chi connectivity index (χ1v) is 10.1. The van der Waals surface area contributed by atoms with Crippen molar-refractivity contribution in [1.82, 2.24) is 0 Å². The van der Waals surface area contributed by atoms with Crippen molar-refractivity contribution in [2.24, 2.45) is 0 Å². The van der Waals surface area contributed by atoms with E-state index in [1.807, 2.05) is 18.2 Å². The van der Waals surface area contributed by atoms with E-state index >= 15 is 0 Å². The van der Waals surface area contributed by atoms with Crippen LogP contribution in [-0.2, 0) is 4.74 Å². The minimum atomic E-state index is -0.385. The molecule has 0 aliphatic rings. The van der Waals surface area contributed by atoms with Gasteiger partial charge in [0.1, 0.15) is 12.4 Å². The summed E-state index contributed by atoms with van der Waals surface area (Å²) in [6.07, 6.45) is 0. The lowest BCUT2D eigenvalue weighted by molar-refractivity contribution is 0.101. The van der Waals surface area contributed by atoms with Gasteiger partial charge in [-0.15, -0.1) is 0 Å². The summed E-state index contributed by atoms with van der Waals surface area (Å²) in [4.78, 5) is 25.7. The van der Waals surface area contributed by atoms with Gasteiger partial charge < -0.3 is 20.1 Å². The van der Waals surface area contributed by atoms with Crippen LogP contribution in [0.2, 0.25) is 0 Å². The Morgan fingerprint density at radius 3 is 2.30 bits per heavy atom. The van der Waals surface area contributed by atoms with Crippen molar-refractivity contribution >= 4 is 39.1 Å². The number of nitrogens with one attached hydrogen (secondary N) is 2. The van der Waals surface area contributed by atoms with E-state index in [0.717, 1.165) is 4.47 Å². The molecule has 0 radical (unpaired) electrons. The zero-order valence-electron chi connectivity index (χ0n) is 16.4. The molecule has 3 rings (SSSR count). The highest BCUT2D eigenvalue weighted by atomic mass is 79.9. The average molecular weight is 469 g/mol. The predicted octanol–water partition coefficient (Wildman–Crippen LogP) is 4.98. The van der Waals surface area contributed by atoms with Gasteiger partial charge >= 0.3 is 0 Å². The van der Waals surface area contributed by atoms with Crippen LogP contribution in [0, 0.1) is 0 Å². The fourth-order valence-electron chi connectivity index (χ4n) is 2.74. The van der Waals surface area contributed by atoms with Crippen molar-refractivity contribution in [3.8, 4) is 5.75 Å². The lowest BCUT2D eigenvalue weighted by atomic mass is 10.1. The van der Waals surface area contributed by atoms with Crippen LogP contribution in [-0.4, -0.2) is 32.1 Å². The van der Waals surface area contributed by atoms with Gasteiger partial charge in [-0.2, -0.15) is 0 Å². The summed E-state index contributed by atoms with van der Waals surface area (Å²) in [5, 5.41) is 5.65. The van der Waals surface area contributed by atoms with Crippen LogP contribution < -0.4 is 15.4 Å². The number of anilines is 2. The summed E-state index contributed by atoms with van der Waals surface area (Å²) >= 11 is 3.38. The number of benzene rings is 3. The Balaban J connectivity index is 1.81. The van der Waals surface area contributed by atoms with E-state index in [-0.39, 0.29) is 11.8 Å². The molecule has 0 fully saturated rings.